The molecular formula is C18H34N6O7. The Balaban J connectivity index is 5.40. The van der Waals surface area contributed by atoms with E-state index in [1.807, 2.05) is 0 Å². The molecule has 0 fully saturated rings. The zero-order valence-corrected chi connectivity index (χ0v) is 17.8. The number of carbonyl (C=O) groups excluding carboxylic acids is 4. The normalized spacial score (nSPS) is 15.6. The Hall–Kier alpha value is -2.77. The summed E-state index contributed by atoms with van der Waals surface area (Å²) in [5.41, 5.74) is 16.2. The molecule has 178 valence electrons. The van der Waals surface area contributed by atoms with Crippen molar-refractivity contribution in [2.75, 3.05) is 6.54 Å². The van der Waals surface area contributed by atoms with Crippen LogP contribution in [0.3, 0.4) is 0 Å². The topological polar surface area (TPSA) is 240 Å². The molecule has 31 heavy (non-hydrogen) atoms. The number of aliphatic carboxylic acids is 1. The van der Waals surface area contributed by atoms with Crippen LogP contribution in [-0.4, -0.2) is 76.6 Å². The maximum Gasteiger partial charge on any atom is 0.325 e. The van der Waals surface area contributed by atoms with Crippen molar-refractivity contribution in [3.8, 4) is 0 Å². The van der Waals surface area contributed by atoms with Crippen LogP contribution < -0.4 is 33.2 Å². The van der Waals surface area contributed by atoms with E-state index in [0.717, 1.165) is 0 Å². The number of carbonyl (C=O) groups is 5. The molecule has 0 spiro atoms. The molecule has 0 aromatic carbocycles. The van der Waals surface area contributed by atoms with Gasteiger partial charge in [-0.15, -0.1) is 0 Å². The number of aliphatic hydroxyl groups excluding tert-OH is 1. The minimum absolute atomic E-state index is 0.171. The Morgan fingerprint density at radius 3 is 1.87 bits per heavy atom. The first-order valence-electron chi connectivity index (χ1n) is 9.96. The van der Waals surface area contributed by atoms with Gasteiger partial charge in [0.05, 0.1) is 6.10 Å². The van der Waals surface area contributed by atoms with Crippen molar-refractivity contribution in [2.24, 2.45) is 17.2 Å². The first-order chi connectivity index (χ1) is 14.4. The summed E-state index contributed by atoms with van der Waals surface area (Å²) in [5, 5.41) is 25.5. The van der Waals surface area contributed by atoms with Crippen LogP contribution in [0.2, 0.25) is 0 Å². The second kappa shape index (κ2) is 14.3. The smallest absolute Gasteiger partial charge is 0.325 e. The van der Waals surface area contributed by atoms with Crippen LogP contribution in [-0.2, 0) is 24.0 Å². The number of nitrogens with two attached hydrogens (primary N) is 3. The molecule has 13 heteroatoms. The van der Waals surface area contributed by atoms with Crippen molar-refractivity contribution in [2.45, 2.75) is 76.2 Å². The number of unbranched alkanes of at least 4 members (excludes halogenated alkanes) is 1. The summed E-state index contributed by atoms with van der Waals surface area (Å²) < 4.78 is 0. The van der Waals surface area contributed by atoms with Gasteiger partial charge in [-0.2, -0.15) is 0 Å². The minimum atomic E-state index is -1.28. The van der Waals surface area contributed by atoms with E-state index in [4.69, 9.17) is 22.3 Å². The van der Waals surface area contributed by atoms with Gasteiger partial charge in [0.1, 0.15) is 24.2 Å². The third-order valence-electron chi connectivity index (χ3n) is 4.44. The second-order valence-electron chi connectivity index (χ2n) is 7.25. The van der Waals surface area contributed by atoms with Crippen LogP contribution in [0.15, 0.2) is 0 Å². The molecule has 0 heterocycles. The van der Waals surface area contributed by atoms with Crippen molar-refractivity contribution < 1.29 is 34.2 Å². The van der Waals surface area contributed by atoms with E-state index >= 15 is 0 Å². The van der Waals surface area contributed by atoms with Gasteiger partial charge in [0, 0.05) is 6.42 Å². The molecule has 11 N–H and O–H groups in total. The first kappa shape index (κ1) is 28.2. The van der Waals surface area contributed by atoms with Crippen LogP contribution in [0.5, 0.6) is 0 Å². The highest BCUT2D eigenvalue weighted by Gasteiger charge is 2.30. The molecule has 0 saturated carbocycles. The standard InChI is InChI=1S/C18H34N6O7/c1-9(18(30)31)22-15(27)12(6-7-13(20)26)23-16(28)11(5-3-4-8-19)24-17(29)14(21)10(2)25/h9-12,14,25H,3-8,19,21H2,1-2H3,(H2,20,26)(H,22,27)(H,23,28)(H,24,29)(H,30,31). The van der Waals surface area contributed by atoms with Crippen LogP contribution in [0.4, 0.5) is 0 Å². The van der Waals surface area contributed by atoms with Crippen molar-refractivity contribution in [3.05, 3.63) is 0 Å². The Bertz CT molecular complexity index is 643. The predicted octanol–water partition coefficient (Wildman–Crippen LogP) is -3.35. The van der Waals surface area contributed by atoms with E-state index < -0.39 is 59.9 Å². The Kier molecular flexibility index (Phi) is 13.0. The molecule has 0 rings (SSSR count). The van der Waals surface area contributed by atoms with Gasteiger partial charge >= 0.3 is 5.97 Å². The SMILES string of the molecule is CC(NC(=O)C(CCC(N)=O)NC(=O)C(CCCCN)NC(=O)C(N)C(C)O)C(=O)O. The average Bonchev–Trinajstić information content (AvgIpc) is 2.68. The van der Waals surface area contributed by atoms with Gasteiger partial charge < -0.3 is 43.4 Å². The summed E-state index contributed by atoms with van der Waals surface area (Å²) in [5.74, 6) is -4.32. The Labute approximate surface area is 180 Å². The van der Waals surface area contributed by atoms with Crippen molar-refractivity contribution in [1.82, 2.24) is 16.0 Å². The molecule has 0 aliphatic carbocycles. The third-order valence-corrected chi connectivity index (χ3v) is 4.44. The molecule has 0 aliphatic rings. The highest BCUT2D eigenvalue weighted by atomic mass is 16.4. The third kappa shape index (κ3) is 11.3. The summed E-state index contributed by atoms with van der Waals surface area (Å²) in [4.78, 5) is 59.4. The van der Waals surface area contributed by atoms with E-state index in [9.17, 15) is 29.1 Å². The molecule has 5 atom stereocenters. The molecule has 0 radical (unpaired) electrons. The molecular weight excluding hydrogens is 412 g/mol. The number of carboxylic acid groups (broad SMARTS) is 1. The summed E-state index contributed by atoms with van der Waals surface area (Å²) in [6.45, 7) is 2.92. The largest absolute Gasteiger partial charge is 0.480 e. The average molecular weight is 447 g/mol. The lowest BCUT2D eigenvalue weighted by Gasteiger charge is -2.25. The van der Waals surface area contributed by atoms with Crippen molar-refractivity contribution >= 4 is 29.6 Å². The fourth-order valence-electron chi connectivity index (χ4n) is 2.45. The predicted molar refractivity (Wildman–Crippen MR) is 110 cm³/mol. The molecule has 4 amide bonds. The van der Waals surface area contributed by atoms with Crippen molar-refractivity contribution in [1.29, 1.82) is 0 Å². The van der Waals surface area contributed by atoms with Gasteiger partial charge in [-0.1, -0.05) is 0 Å². The van der Waals surface area contributed by atoms with Gasteiger partial charge in [-0.25, -0.2) is 0 Å². The van der Waals surface area contributed by atoms with Crippen LogP contribution >= 0.6 is 0 Å². The van der Waals surface area contributed by atoms with Gasteiger partial charge in [-0.3, -0.25) is 24.0 Å². The van der Waals surface area contributed by atoms with E-state index in [2.05, 4.69) is 16.0 Å². The van der Waals surface area contributed by atoms with E-state index in [1.165, 1.54) is 13.8 Å². The van der Waals surface area contributed by atoms with E-state index in [0.29, 0.717) is 19.4 Å². The summed E-state index contributed by atoms with van der Waals surface area (Å²) in [7, 11) is 0. The lowest BCUT2D eigenvalue weighted by molar-refractivity contribution is -0.142. The van der Waals surface area contributed by atoms with Crippen LogP contribution in [0.1, 0.15) is 46.0 Å². The fraction of sp³-hybridized carbons (Fsp3) is 0.722. The number of aliphatic hydroxyl groups is 1. The lowest BCUT2D eigenvalue weighted by Crippen LogP contribution is -2.58. The molecule has 13 nitrogen and oxygen atoms in total. The van der Waals surface area contributed by atoms with E-state index in [-0.39, 0.29) is 19.3 Å². The quantitative estimate of drug-likeness (QED) is 0.117. The van der Waals surface area contributed by atoms with Gasteiger partial charge in [-0.05, 0) is 46.1 Å². The van der Waals surface area contributed by atoms with Gasteiger partial charge in [0.2, 0.25) is 23.6 Å². The number of carboxylic acids is 1. The highest BCUT2D eigenvalue weighted by Crippen LogP contribution is 2.05. The van der Waals surface area contributed by atoms with E-state index in [1.54, 1.807) is 0 Å². The summed E-state index contributed by atoms with van der Waals surface area (Å²) in [6, 6.07) is -4.86. The molecule has 5 unspecified atom stereocenters. The molecule has 0 aromatic heterocycles. The Morgan fingerprint density at radius 1 is 0.871 bits per heavy atom. The highest BCUT2D eigenvalue weighted by molar-refractivity contribution is 5.94. The molecule has 0 aromatic rings. The summed E-state index contributed by atoms with van der Waals surface area (Å²) >= 11 is 0. The maximum absolute atomic E-state index is 12.8. The fourth-order valence-corrected chi connectivity index (χ4v) is 2.45. The Morgan fingerprint density at radius 2 is 1.39 bits per heavy atom. The number of hydrogen-bond acceptors (Lipinski definition) is 8. The number of primary amides is 1. The maximum atomic E-state index is 12.8. The number of amides is 4. The zero-order valence-electron chi connectivity index (χ0n) is 17.8. The second-order valence-corrected chi connectivity index (χ2v) is 7.25. The van der Waals surface area contributed by atoms with Crippen LogP contribution in [0, 0.1) is 0 Å². The van der Waals surface area contributed by atoms with Gasteiger partial charge in [0.25, 0.3) is 0 Å². The van der Waals surface area contributed by atoms with Crippen LogP contribution in [0.25, 0.3) is 0 Å². The molecule has 0 bridgehead atoms. The zero-order chi connectivity index (χ0) is 24.1. The monoisotopic (exact) mass is 446 g/mol. The van der Waals surface area contributed by atoms with Gasteiger partial charge in [0.15, 0.2) is 0 Å². The summed E-state index contributed by atoms with van der Waals surface area (Å²) in [6.07, 6.45) is -0.333. The first-order valence-corrected chi connectivity index (χ1v) is 9.96. The number of rotatable bonds is 15. The minimum Gasteiger partial charge on any atom is -0.480 e. The number of nitrogens with one attached hydrogen (secondary N) is 3. The number of hydrogen-bond donors (Lipinski definition) is 8. The lowest BCUT2D eigenvalue weighted by atomic mass is 10.0. The molecule has 0 aliphatic heterocycles. The molecule has 0 saturated heterocycles. The van der Waals surface area contributed by atoms with Crippen molar-refractivity contribution in [3.63, 3.8) is 0 Å².